The third kappa shape index (κ3) is 3.38. The molecule has 4 nitrogen and oxygen atoms in total. The van der Waals surface area contributed by atoms with Crippen molar-refractivity contribution in [3.05, 3.63) is 53.1 Å². The number of aromatic nitrogens is 2. The highest BCUT2D eigenvalue weighted by Crippen LogP contribution is 2.27. The lowest BCUT2D eigenvalue weighted by atomic mass is 9.99. The number of nitriles is 1. The van der Waals surface area contributed by atoms with E-state index in [0.29, 0.717) is 5.56 Å². The number of aryl methyl sites for hydroxylation is 1. The van der Waals surface area contributed by atoms with Crippen molar-refractivity contribution in [3.8, 4) is 6.07 Å². The molecule has 0 saturated carbocycles. The molecule has 2 aliphatic heterocycles. The maximum absolute atomic E-state index is 8.94. The molecule has 0 bridgehead atoms. The van der Waals surface area contributed by atoms with Crippen LogP contribution in [0.25, 0.3) is 11.8 Å². The molecule has 2 aromatic rings. The monoisotopic (exact) mass is 332 g/mol. The van der Waals surface area contributed by atoms with E-state index in [1.807, 2.05) is 24.3 Å². The van der Waals surface area contributed by atoms with E-state index in [1.54, 1.807) is 0 Å². The molecule has 1 aromatic carbocycles. The fourth-order valence-corrected chi connectivity index (χ4v) is 3.94. The number of nitrogens with zero attached hydrogens (tertiary/aromatic N) is 4. The summed E-state index contributed by atoms with van der Waals surface area (Å²) in [4.78, 5) is 7.42. The molecule has 4 heteroatoms. The number of likely N-dealkylation sites (tertiary alicyclic amines) is 1. The number of allylic oxidation sites excluding steroid dienone is 1. The number of benzene rings is 1. The van der Waals surface area contributed by atoms with Crippen molar-refractivity contribution >= 4 is 11.8 Å². The van der Waals surface area contributed by atoms with Crippen LogP contribution in [0.5, 0.6) is 0 Å². The molecule has 1 fully saturated rings. The summed E-state index contributed by atoms with van der Waals surface area (Å²) in [6, 6.07) is 10.8. The predicted octanol–water partition coefficient (Wildman–Crippen LogP) is 3.73. The molecule has 0 amide bonds. The Hall–Kier alpha value is -2.38. The van der Waals surface area contributed by atoms with Gasteiger partial charge >= 0.3 is 0 Å². The molecule has 25 heavy (non-hydrogen) atoms. The van der Waals surface area contributed by atoms with Crippen LogP contribution in [0, 0.1) is 11.3 Å². The molecule has 1 unspecified atom stereocenters. The van der Waals surface area contributed by atoms with Gasteiger partial charge < -0.3 is 9.47 Å². The Balaban J connectivity index is 1.48. The van der Waals surface area contributed by atoms with Crippen molar-refractivity contribution in [3.63, 3.8) is 0 Å². The van der Waals surface area contributed by atoms with Crippen LogP contribution in [-0.4, -0.2) is 33.6 Å². The maximum atomic E-state index is 8.94. The molecule has 0 spiro atoms. The summed E-state index contributed by atoms with van der Waals surface area (Å²) in [6.07, 6.45) is 10.1. The molecule has 0 N–H and O–H groups in total. The predicted molar refractivity (Wildman–Crippen MR) is 99.8 cm³/mol. The molecule has 0 radical (unpaired) electrons. The lowest BCUT2D eigenvalue weighted by molar-refractivity contribution is 0.271. The fourth-order valence-electron chi connectivity index (χ4n) is 3.94. The molecular weight excluding hydrogens is 308 g/mol. The van der Waals surface area contributed by atoms with Crippen molar-refractivity contribution in [1.82, 2.24) is 14.5 Å². The van der Waals surface area contributed by atoms with E-state index in [0.717, 1.165) is 31.8 Å². The molecule has 1 aromatic heterocycles. The average Bonchev–Trinajstić information content (AvgIpc) is 3.24. The number of hydrogen-bond donors (Lipinski definition) is 0. The van der Waals surface area contributed by atoms with Gasteiger partial charge in [0.15, 0.2) is 0 Å². The van der Waals surface area contributed by atoms with Crippen LogP contribution < -0.4 is 0 Å². The first-order valence-electron chi connectivity index (χ1n) is 9.25. The number of fused-ring (bicyclic) bond motifs is 1. The van der Waals surface area contributed by atoms with Gasteiger partial charge in [0.2, 0.25) is 0 Å². The minimum atomic E-state index is 0.710. The van der Waals surface area contributed by atoms with Gasteiger partial charge in [-0.25, -0.2) is 4.98 Å². The highest BCUT2D eigenvalue weighted by atomic mass is 15.2. The molecule has 1 saturated heterocycles. The van der Waals surface area contributed by atoms with Gasteiger partial charge in [-0.2, -0.15) is 5.26 Å². The smallest absolute Gasteiger partial charge is 0.113 e. The van der Waals surface area contributed by atoms with E-state index in [1.165, 1.54) is 42.0 Å². The summed E-state index contributed by atoms with van der Waals surface area (Å²) >= 11 is 0. The summed E-state index contributed by atoms with van der Waals surface area (Å²) in [5, 5.41) is 8.94. The zero-order chi connectivity index (χ0) is 17.2. The van der Waals surface area contributed by atoms with E-state index in [2.05, 4.69) is 34.9 Å². The Kier molecular flexibility index (Phi) is 4.42. The quantitative estimate of drug-likeness (QED) is 0.857. The zero-order valence-electron chi connectivity index (χ0n) is 14.8. The molecular formula is C21H24N4. The van der Waals surface area contributed by atoms with Crippen molar-refractivity contribution in [1.29, 1.82) is 5.26 Å². The van der Waals surface area contributed by atoms with Crippen LogP contribution in [0.1, 0.15) is 48.8 Å². The largest absolute Gasteiger partial charge is 0.310 e. The van der Waals surface area contributed by atoms with E-state index in [-0.39, 0.29) is 0 Å². The Morgan fingerprint density at radius 3 is 2.80 bits per heavy atom. The first kappa shape index (κ1) is 16.1. The van der Waals surface area contributed by atoms with Gasteiger partial charge in [0.05, 0.1) is 17.3 Å². The van der Waals surface area contributed by atoms with Gasteiger partial charge in [-0.05, 0) is 56.0 Å². The molecule has 1 atom stereocenters. The second-order valence-corrected chi connectivity index (χ2v) is 7.18. The zero-order valence-corrected chi connectivity index (χ0v) is 14.8. The Morgan fingerprint density at radius 1 is 1.24 bits per heavy atom. The van der Waals surface area contributed by atoms with E-state index in [4.69, 9.17) is 10.2 Å². The van der Waals surface area contributed by atoms with E-state index in [9.17, 15) is 0 Å². The van der Waals surface area contributed by atoms with Gasteiger partial charge in [-0.1, -0.05) is 12.1 Å². The summed E-state index contributed by atoms with van der Waals surface area (Å²) < 4.78 is 2.19. The van der Waals surface area contributed by atoms with E-state index < -0.39 is 0 Å². The number of rotatable bonds is 4. The maximum Gasteiger partial charge on any atom is 0.113 e. The Labute approximate surface area is 149 Å². The van der Waals surface area contributed by atoms with Crippen LogP contribution >= 0.6 is 0 Å². The molecule has 128 valence electrons. The highest BCUT2D eigenvalue weighted by molar-refractivity contribution is 5.77. The van der Waals surface area contributed by atoms with Crippen molar-refractivity contribution in [2.45, 2.75) is 45.1 Å². The third-order valence-corrected chi connectivity index (χ3v) is 5.50. The fraction of sp³-hybridized carbons (Fsp3) is 0.429. The summed E-state index contributed by atoms with van der Waals surface area (Å²) in [6.45, 7) is 4.68. The van der Waals surface area contributed by atoms with Crippen LogP contribution in [0.4, 0.5) is 0 Å². The summed E-state index contributed by atoms with van der Waals surface area (Å²) in [5.74, 6) is 1.17. The normalized spacial score (nSPS) is 20.2. The first-order valence-corrected chi connectivity index (χ1v) is 9.25. The summed E-state index contributed by atoms with van der Waals surface area (Å²) in [7, 11) is 0. The second-order valence-electron chi connectivity index (χ2n) is 7.18. The van der Waals surface area contributed by atoms with Gasteiger partial charge in [-0.3, -0.25) is 0 Å². The number of hydrogen-bond acceptors (Lipinski definition) is 3. The van der Waals surface area contributed by atoms with Gasteiger partial charge in [0.25, 0.3) is 0 Å². The number of imidazole rings is 1. The standard InChI is InChI=1S/C21H24N4/c1-16-3-2-11-24(16)12-10-20-15-25-14-19(8-9-21(25)23-20)18-6-4-17(13-22)5-7-18/h4-7,14-16H,2-3,8-12H2,1H3. The lowest BCUT2D eigenvalue weighted by Crippen LogP contribution is -2.29. The SMILES string of the molecule is CC1CCCN1CCc1cn2c(n1)CCC(c1ccc(C#N)cc1)=C2. The van der Waals surface area contributed by atoms with Crippen molar-refractivity contribution < 1.29 is 0 Å². The molecule has 2 aliphatic rings. The van der Waals surface area contributed by atoms with Crippen LogP contribution in [0.3, 0.4) is 0 Å². The van der Waals surface area contributed by atoms with Gasteiger partial charge in [0.1, 0.15) is 5.82 Å². The minimum absolute atomic E-state index is 0.710. The molecule has 0 aliphatic carbocycles. The van der Waals surface area contributed by atoms with E-state index >= 15 is 0 Å². The van der Waals surface area contributed by atoms with Crippen molar-refractivity contribution in [2.75, 3.05) is 13.1 Å². The van der Waals surface area contributed by atoms with Crippen LogP contribution in [-0.2, 0) is 12.8 Å². The van der Waals surface area contributed by atoms with Gasteiger partial charge in [-0.15, -0.1) is 0 Å². The van der Waals surface area contributed by atoms with Crippen LogP contribution in [0.15, 0.2) is 30.5 Å². The average molecular weight is 332 g/mol. The van der Waals surface area contributed by atoms with Gasteiger partial charge in [0, 0.05) is 37.8 Å². The lowest BCUT2D eigenvalue weighted by Gasteiger charge is -2.19. The first-order chi connectivity index (χ1) is 12.2. The second kappa shape index (κ2) is 6.85. The third-order valence-electron chi connectivity index (χ3n) is 5.50. The highest BCUT2D eigenvalue weighted by Gasteiger charge is 2.20. The van der Waals surface area contributed by atoms with Crippen LogP contribution in [0.2, 0.25) is 0 Å². The molecule has 3 heterocycles. The molecule has 4 rings (SSSR count). The Morgan fingerprint density at radius 2 is 2.08 bits per heavy atom. The topological polar surface area (TPSA) is 44.9 Å². The summed E-state index contributed by atoms with van der Waals surface area (Å²) in [5.41, 5.74) is 4.42. The minimum Gasteiger partial charge on any atom is -0.310 e. The van der Waals surface area contributed by atoms with Crippen molar-refractivity contribution in [2.24, 2.45) is 0 Å². The Bertz CT molecular complexity index is 823.